The minimum atomic E-state index is -0.0569. The number of rotatable bonds is 2. The molecule has 1 saturated heterocycles. The van der Waals surface area contributed by atoms with Crippen LogP contribution in [0.15, 0.2) is 0 Å². The molecular weight excluding hydrogens is 282 g/mol. The number of ether oxygens (including phenoxy) is 1. The van der Waals surface area contributed by atoms with Gasteiger partial charge in [-0.15, -0.1) is 0 Å². The van der Waals surface area contributed by atoms with Crippen molar-refractivity contribution in [2.75, 3.05) is 19.7 Å². The van der Waals surface area contributed by atoms with Gasteiger partial charge in [0.25, 0.3) is 5.91 Å². The van der Waals surface area contributed by atoms with Crippen LogP contribution in [-0.2, 0) is 11.2 Å². The van der Waals surface area contributed by atoms with Crippen LogP contribution in [-0.4, -0.2) is 51.9 Å². The van der Waals surface area contributed by atoms with Gasteiger partial charge >= 0.3 is 0 Å². The topological polar surface area (TPSA) is 78.5 Å². The molecule has 0 radical (unpaired) electrons. The van der Waals surface area contributed by atoms with E-state index in [0.717, 1.165) is 30.5 Å². The lowest BCUT2D eigenvalue weighted by molar-refractivity contribution is -0.00706. The lowest BCUT2D eigenvalue weighted by atomic mass is 9.81. The minimum absolute atomic E-state index is 0.00112. The van der Waals surface area contributed by atoms with Crippen molar-refractivity contribution in [2.45, 2.75) is 52.2 Å². The number of likely N-dealkylation sites (tertiary alicyclic amines) is 1. The van der Waals surface area contributed by atoms with E-state index in [9.17, 15) is 9.90 Å². The largest absolute Gasteiger partial charge is 0.396 e. The number of amides is 1. The highest BCUT2D eigenvalue weighted by Gasteiger charge is 2.35. The number of H-pyrrole nitrogens is 1. The van der Waals surface area contributed by atoms with Gasteiger partial charge in [0.2, 0.25) is 0 Å². The smallest absolute Gasteiger partial charge is 0.274 e. The summed E-state index contributed by atoms with van der Waals surface area (Å²) < 4.78 is 5.77. The number of aliphatic hydroxyl groups is 1. The van der Waals surface area contributed by atoms with E-state index in [4.69, 9.17) is 4.74 Å². The van der Waals surface area contributed by atoms with E-state index in [1.807, 2.05) is 18.7 Å². The molecule has 3 heterocycles. The number of carbonyl (C=O) groups is 1. The maximum atomic E-state index is 12.8. The summed E-state index contributed by atoms with van der Waals surface area (Å²) in [5, 5.41) is 16.7. The molecule has 2 atom stereocenters. The van der Waals surface area contributed by atoms with Crippen LogP contribution in [0, 0.1) is 5.41 Å². The maximum Gasteiger partial charge on any atom is 0.274 e. The van der Waals surface area contributed by atoms with Crippen LogP contribution in [0.3, 0.4) is 0 Å². The van der Waals surface area contributed by atoms with Gasteiger partial charge in [-0.05, 0) is 32.1 Å². The monoisotopic (exact) mass is 307 g/mol. The highest BCUT2D eigenvalue weighted by molar-refractivity contribution is 5.94. The van der Waals surface area contributed by atoms with Gasteiger partial charge in [0, 0.05) is 31.7 Å². The summed E-state index contributed by atoms with van der Waals surface area (Å²) >= 11 is 0. The minimum Gasteiger partial charge on any atom is -0.396 e. The zero-order chi connectivity index (χ0) is 15.9. The molecule has 1 aromatic heterocycles. The van der Waals surface area contributed by atoms with Crippen LogP contribution < -0.4 is 0 Å². The molecule has 122 valence electrons. The Morgan fingerprint density at radius 3 is 2.77 bits per heavy atom. The first-order chi connectivity index (χ1) is 10.4. The van der Waals surface area contributed by atoms with E-state index in [2.05, 4.69) is 17.1 Å². The molecule has 0 aromatic carbocycles. The number of aromatic amines is 1. The third-order valence-electron chi connectivity index (χ3n) is 5.08. The summed E-state index contributed by atoms with van der Waals surface area (Å²) in [5.74, 6) is -0.00112. The van der Waals surface area contributed by atoms with Crippen molar-refractivity contribution in [1.82, 2.24) is 15.1 Å². The zero-order valence-electron chi connectivity index (χ0n) is 13.6. The number of nitrogens with one attached hydrogen (secondary N) is 1. The standard InChI is InChI=1S/C16H25N3O3/c1-10-8-12-13(11(2)22-10)17-18-14(12)15(21)19-6-4-16(3,9-20)5-7-19/h10-11,20H,4-9H2,1-3H3,(H,17,18)/t10-,11+/m1/s1. The van der Waals surface area contributed by atoms with E-state index in [1.165, 1.54) is 0 Å². The highest BCUT2D eigenvalue weighted by Crippen LogP contribution is 2.33. The molecule has 1 fully saturated rings. The quantitative estimate of drug-likeness (QED) is 0.871. The van der Waals surface area contributed by atoms with Gasteiger partial charge in [0.15, 0.2) is 5.69 Å². The number of hydrogen-bond acceptors (Lipinski definition) is 4. The van der Waals surface area contributed by atoms with E-state index >= 15 is 0 Å². The summed E-state index contributed by atoms with van der Waals surface area (Å²) in [4.78, 5) is 14.6. The summed E-state index contributed by atoms with van der Waals surface area (Å²) in [6.07, 6.45) is 2.44. The number of aromatic nitrogens is 2. The lowest BCUT2D eigenvalue weighted by Gasteiger charge is -2.38. The predicted octanol–water partition coefficient (Wildman–Crippen LogP) is 1.67. The molecule has 2 N–H and O–H groups in total. The molecule has 1 amide bonds. The Balaban J connectivity index is 1.77. The molecule has 0 spiro atoms. The third-order valence-corrected chi connectivity index (χ3v) is 5.08. The molecule has 22 heavy (non-hydrogen) atoms. The second kappa shape index (κ2) is 5.66. The van der Waals surface area contributed by atoms with Crippen molar-refractivity contribution in [3.63, 3.8) is 0 Å². The first-order valence-corrected chi connectivity index (χ1v) is 8.06. The average Bonchev–Trinajstić information content (AvgIpc) is 2.91. The van der Waals surface area contributed by atoms with Gasteiger partial charge in [0.05, 0.1) is 17.9 Å². The molecule has 6 nitrogen and oxygen atoms in total. The van der Waals surface area contributed by atoms with Gasteiger partial charge in [-0.25, -0.2) is 0 Å². The van der Waals surface area contributed by atoms with Crippen LogP contribution in [0.2, 0.25) is 0 Å². The molecule has 0 unspecified atom stereocenters. The first-order valence-electron chi connectivity index (χ1n) is 8.06. The average molecular weight is 307 g/mol. The van der Waals surface area contributed by atoms with E-state index < -0.39 is 0 Å². The third kappa shape index (κ3) is 2.65. The summed E-state index contributed by atoms with van der Waals surface area (Å²) in [5.41, 5.74) is 2.42. The SMILES string of the molecule is C[C@@H]1Cc2c(C(=O)N3CCC(C)(CO)CC3)n[nH]c2[C@H](C)O1. The fourth-order valence-corrected chi connectivity index (χ4v) is 3.41. The summed E-state index contributed by atoms with van der Waals surface area (Å²) in [7, 11) is 0. The Bertz CT molecular complexity index is 561. The second-order valence-corrected chi connectivity index (χ2v) is 7.02. The van der Waals surface area contributed by atoms with Crippen LogP contribution in [0.4, 0.5) is 0 Å². The van der Waals surface area contributed by atoms with Gasteiger partial charge in [-0.3, -0.25) is 9.89 Å². The molecule has 0 bridgehead atoms. The normalized spacial score (nSPS) is 27.5. The van der Waals surface area contributed by atoms with Crippen LogP contribution in [0.25, 0.3) is 0 Å². The van der Waals surface area contributed by atoms with Crippen molar-refractivity contribution in [2.24, 2.45) is 5.41 Å². The molecule has 2 aliphatic rings. The van der Waals surface area contributed by atoms with Crippen molar-refractivity contribution >= 4 is 5.91 Å². The van der Waals surface area contributed by atoms with E-state index in [-0.39, 0.29) is 30.1 Å². The van der Waals surface area contributed by atoms with Crippen molar-refractivity contribution < 1.29 is 14.6 Å². The van der Waals surface area contributed by atoms with Crippen LogP contribution >= 0.6 is 0 Å². The summed E-state index contributed by atoms with van der Waals surface area (Å²) in [6.45, 7) is 7.62. The number of piperidine rings is 1. The van der Waals surface area contributed by atoms with Gasteiger partial charge in [-0.1, -0.05) is 6.92 Å². The number of nitrogens with zero attached hydrogens (tertiary/aromatic N) is 2. The molecule has 6 heteroatoms. The van der Waals surface area contributed by atoms with Crippen molar-refractivity contribution in [1.29, 1.82) is 0 Å². The molecule has 2 aliphatic heterocycles. The number of hydrogen-bond donors (Lipinski definition) is 2. The Labute approximate surface area is 130 Å². The van der Waals surface area contributed by atoms with Crippen LogP contribution in [0.1, 0.15) is 61.5 Å². The highest BCUT2D eigenvalue weighted by atomic mass is 16.5. The number of carbonyl (C=O) groups excluding carboxylic acids is 1. The maximum absolute atomic E-state index is 12.8. The van der Waals surface area contributed by atoms with Crippen LogP contribution in [0.5, 0.6) is 0 Å². The Hall–Kier alpha value is -1.40. The fraction of sp³-hybridized carbons (Fsp3) is 0.750. The fourth-order valence-electron chi connectivity index (χ4n) is 3.41. The molecular formula is C16H25N3O3. The van der Waals surface area contributed by atoms with E-state index in [1.54, 1.807) is 0 Å². The van der Waals surface area contributed by atoms with Gasteiger partial charge in [-0.2, -0.15) is 5.10 Å². The number of fused-ring (bicyclic) bond motifs is 1. The second-order valence-electron chi connectivity index (χ2n) is 7.02. The van der Waals surface area contributed by atoms with Gasteiger partial charge < -0.3 is 14.7 Å². The predicted molar refractivity (Wildman–Crippen MR) is 81.6 cm³/mol. The summed E-state index contributed by atoms with van der Waals surface area (Å²) in [6, 6.07) is 0. The van der Waals surface area contributed by atoms with Gasteiger partial charge in [0.1, 0.15) is 0 Å². The molecule has 0 aliphatic carbocycles. The Kier molecular flexibility index (Phi) is 3.99. The van der Waals surface area contributed by atoms with Crippen molar-refractivity contribution in [3.05, 3.63) is 17.0 Å². The van der Waals surface area contributed by atoms with E-state index in [0.29, 0.717) is 18.8 Å². The zero-order valence-corrected chi connectivity index (χ0v) is 13.6. The molecule has 3 rings (SSSR count). The first kappa shape index (κ1) is 15.5. The number of aliphatic hydroxyl groups excluding tert-OH is 1. The molecule has 0 saturated carbocycles. The Morgan fingerprint density at radius 2 is 2.14 bits per heavy atom. The lowest BCUT2D eigenvalue weighted by Crippen LogP contribution is -2.43. The Morgan fingerprint density at radius 1 is 1.45 bits per heavy atom. The van der Waals surface area contributed by atoms with Crippen molar-refractivity contribution in [3.8, 4) is 0 Å². The molecule has 1 aromatic rings.